The Morgan fingerprint density at radius 2 is 1.52 bits per heavy atom. The van der Waals surface area contributed by atoms with Crippen molar-refractivity contribution in [2.24, 2.45) is 5.92 Å². The maximum absolute atomic E-state index is 2.63. The molecule has 0 radical (unpaired) electrons. The summed E-state index contributed by atoms with van der Waals surface area (Å²) < 4.78 is 2.64. The van der Waals surface area contributed by atoms with Gasteiger partial charge >= 0.3 is 198 Å². The van der Waals surface area contributed by atoms with Gasteiger partial charge in [-0.2, -0.15) is 0 Å². The fraction of sp³-hybridized carbons (Fsp3) is 0.379. The second-order valence-corrected chi connectivity index (χ2v) is 26.9. The van der Waals surface area contributed by atoms with Gasteiger partial charge in [-0.1, -0.05) is 0 Å². The van der Waals surface area contributed by atoms with Gasteiger partial charge in [-0.05, 0) is 0 Å². The molecule has 0 nitrogen and oxygen atoms in total. The van der Waals surface area contributed by atoms with E-state index < -0.39 is 20.4 Å². The second kappa shape index (κ2) is 9.32. The second-order valence-electron chi connectivity index (χ2n) is 9.52. The first-order valence-electron chi connectivity index (χ1n) is 11.8. The van der Waals surface area contributed by atoms with Gasteiger partial charge in [0.05, 0.1) is 0 Å². The van der Waals surface area contributed by atoms with Gasteiger partial charge in [-0.15, -0.1) is 0 Å². The van der Waals surface area contributed by atoms with Crippen molar-refractivity contribution in [1.29, 1.82) is 0 Å². The minimum atomic E-state index is -1.98. The zero-order valence-electron chi connectivity index (χ0n) is 20.3. The predicted octanol–water partition coefficient (Wildman–Crippen LogP) is 8.47. The van der Waals surface area contributed by atoms with Crippen LogP contribution in [0.4, 0.5) is 0 Å². The van der Waals surface area contributed by atoms with Gasteiger partial charge in [-0.25, -0.2) is 0 Å². The molecule has 2 aliphatic rings. The third kappa shape index (κ3) is 3.89. The van der Waals surface area contributed by atoms with Crippen molar-refractivity contribution < 1.29 is 20.4 Å². The topological polar surface area (TPSA) is 0 Å². The Hall–Kier alpha value is -1.24. The van der Waals surface area contributed by atoms with Gasteiger partial charge in [0.2, 0.25) is 0 Å². The molecule has 2 atom stereocenters. The molecule has 2 aromatic carbocycles. The van der Waals surface area contributed by atoms with Crippen LogP contribution < -0.4 is 0 Å². The van der Waals surface area contributed by atoms with Crippen LogP contribution in [-0.2, 0) is 20.4 Å². The zero-order chi connectivity index (χ0) is 22.3. The zero-order valence-corrected chi connectivity index (χ0v) is 23.7. The van der Waals surface area contributed by atoms with E-state index in [9.17, 15) is 0 Å². The molecule has 0 bridgehead atoms. The Labute approximate surface area is 197 Å². The van der Waals surface area contributed by atoms with Crippen molar-refractivity contribution in [3.8, 4) is 0 Å². The van der Waals surface area contributed by atoms with Crippen molar-refractivity contribution >= 4 is 11.0 Å². The van der Waals surface area contributed by atoms with E-state index in [2.05, 4.69) is 102 Å². The van der Waals surface area contributed by atoms with Crippen LogP contribution in [0.15, 0.2) is 80.2 Å². The molecule has 0 amide bonds. The fourth-order valence-corrected chi connectivity index (χ4v) is 26.3. The fourth-order valence-electron chi connectivity index (χ4n) is 5.81. The van der Waals surface area contributed by atoms with Gasteiger partial charge in [0.1, 0.15) is 0 Å². The Morgan fingerprint density at radius 3 is 2.10 bits per heavy atom. The summed E-state index contributed by atoms with van der Waals surface area (Å²) in [5.74, 6) is 0.658. The third-order valence-corrected chi connectivity index (χ3v) is 26.3. The average molecular weight is 504 g/mol. The molecule has 2 heteroatoms. The van der Waals surface area contributed by atoms with E-state index in [1.165, 1.54) is 24.0 Å². The van der Waals surface area contributed by atoms with Crippen molar-refractivity contribution in [3.63, 3.8) is 0 Å². The van der Waals surface area contributed by atoms with Gasteiger partial charge in [0.15, 0.2) is 0 Å². The molecule has 0 heterocycles. The number of benzene rings is 2. The van der Waals surface area contributed by atoms with Gasteiger partial charge in [0, 0.05) is 0 Å². The van der Waals surface area contributed by atoms with E-state index in [1.54, 1.807) is 33.4 Å². The van der Waals surface area contributed by atoms with E-state index in [4.69, 9.17) is 0 Å². The van der Waals surface area contributed by atoms with Crippen LogP contribution in [-0.4, -0.2) is 5.43 Å². The van der Waals surface area contributed by atoms with E-state index in [-0.39, 0.29) is 5.43 Å². The summed E-state index contributed by atoms with van der Waals surface area (Å²) >= 11 is -1.98. The molecule has 2 unspecified atom stereocenters. The van der Waals surface area contributed by atoms with Crippen LogP contribution >= 0.6 is 0 Å². The van der Waals surface area contributed by atoms with E-state index >= 15 is 0 Å². The Balaban J connectivity index is 2.01. The monoisotopic (exact) mass is 502 g/mol. The first kappa shape index (κ1) is 22.9. The Bertz CT molecular complexity index is 1140. The molecule has 0 N–H and O–H groups in total. The van der Waals surface area contributed by atoms with Crippen LogP contribution in [0.5, 0.6) is 0 Å². The first-order valence-corrected chi connectivity index (χ1v) is 20.7. The summed E-state index contributed by atoms with van der Waals surface area (Å²) in [5, 5.41) is 0. The molecule has 0 spiro atoms. The van der Waals surface area contributed by atoms with Crippen LogP contribution in [0.2, 0.25) is 13.1 Å². The summed E-state index contributed by atoms with van der Waals surface area (Å²) in [4.78, 5) is 0. The molecule has 0 saturated carbocycles. The SMILES string of the molecule is CCCC1=C(c2ccccc2)c2ccccc2[CH]1[Zr]([C]1=C(C)C(C)=C(C)C1C)=[Si](C)C. The van der Waals surface area contributed by atoms with Crippen molar-refractivity contribution in [2.45, 2.75) is 64.2 Å². The van der Waals surface area contributed by atoms with E-state index in [0.717, 1.165) is 0 Å². The molecule has 0 saturated heterocycles. The average Bonchev–Trinajstić information content (AvgIpc) is 3.18. The van der Waals surface area contributed by atoms with Crippen LogP contribution in [0.1, 0.15) is 67.8 Å². The maximum atomic E-state index is 2.63. The van der Waals surface area contributed by atoms with Gasteiger partial charge < -0.3 is 0 Å². The van der Waals surface area contributed by atoms with Crippen LogP contribution in [0, 0.1) is 5.92 Å². The molecular formula is C29H36SiZr. The molecule has 31 heavy (non-hydrogen) atoms. The Morgan fingerprint density at radius 1 is 0.871 bits per heavy atom. The van der Waals surface area contributed by atoms with E-state index in [1.807, 2.05) is 3.28 Å². The van der Waals surface area contributed by atoms with Gasteiger partial charge in [-0.3, -0.25) is 0 Å². The summed E-state index contributed by atoms with van der Waals surface area (Å²) in [6, 6.07) is 20.6. The van der Waals surface area contributed by atoms with Crippen molar-refractivity contribution in [1.82, 2.24) is 0 Å². The van der Waals surface area contributed by atoms with Crippen molar-refractivity contribution in [2.75, 3.05) is 0 Å². The summed E-state index contributed by atoms with van der Waals surface area (Å²) in [5.41, 5.74) is 12.4. The quantitative estimate of drug-likeness (QED) is 0.359. The molecule has 0 fully saturated rings. The van der Waals surface area contributed by atoms with E-state index in [0.29, 0.717) is 9.54 Å². The minimum absolute atomic E-state index is 0.369. The number of hydrogen-bond donors (Lipinski definition) is 0. The molecule has 4 rings (SSSR count). The van der Waals surface area contributed by atoms with Gasteiger partial charge in [0.25, 0.3) is 0 Å². The van der Waals surface area contributed by atoms with Crippen molar-refractivity contribution in [3.05, 3.63) is 96.9 Å². The Kier molecular flexibility index (Phi) is 6.90. The third-order valence-electron chi connectivity index (χ3n) is 7.55. The number of rotatable bonds is 5. The standard InChI is InChI=1S/C18H17.C9H13.C2H6Si.Zr/c1-2-8-16-13-15-11-6-7-12-17(15)18(16)14-9-4-3-5-10-14;1-6-5-7(2)9(4)8(6)3;1-3-2;/h3-7,9-13H,2,8H2,1H3;6H,1-4H3;1-2H3;. The molecule has 2 aromatic rings. The first-order chi connectivity index (χ1) is 14.9. The summed E-state index contributed by atoms with van der Waals surface area (Å²) in [6.45, 7) is 17.3. The molecular weight excluding hydrogens is 468 g/mol. The normalized spacial score (nSPS) is 20.6. The number of hydrogen-bond acceptors (Lipinski definition) is 0. The number of allylic oxidation sites excluding steroid dienone is 5. The predicted molar refractivity (Wildman–Crippen MR) is 134 cm³/mol. The summed E-state index contributed by atoms with van der Waals surface area (Å²) in [7, 11) is 0. The molecule has 160 valence electrons. The number of fused-ring (bicyclic) bond motifs is 1. The molecule has 0 aliphatic heterocycles. The molecule has 2 aliphatic carbocycles. The van der Waals surface area contributed by atoms with Crippen LogP contribution in [0.3, 0.4) is 0 Å². The molecule has 0 aromatic heterocycles. The van der Waals surface area contributed by atoms with Crippen LogP contribution in [0.25, 0.3) is 5.57 Å². The summed E-state index contributed by atoms with van der Waals surface area (Å²) in [6.07, 6.45) is 2.46.